The molecule has 0 amide bonds. The van der Waals surface area contributed by atoms with Crippen molar-refractivity contribution in [2.75, 3.05) is 16.9 Å². The molecule has 1 aliphatic rings. The van der Waals surface area contributed by atoms with Gasteiger partial charge in [-0.15, -0.1) is 11.3 Å². The largest absolute Gasteiger partial charge is 0.306 e. The Morgan fingerprint density at radius 1 is 1.40 bits per heavy atom. The molecular formula is C10H15N5O2S3. The maximum atomic E-state index is 12.6. The van der Waals surface area contributed by atoms with Gasteiger partial charge in [-0.2, -0.15) is 16.7 Å². The number of imidazole rings is 1. The first-order valence-corrected chi connectivity index (χ1v) is 9.66. The molecule has 20 heavy (non-hydrogen) atoms. The fourth-order valence-corrected chi connectivity index (χ4v) is 5.64. The van der Waals surface area contributed by atoms with E-state index in [9.17, 15) is 8.42 Å². The van der Waals surface area contributed by atoms with Crippen molar-refractivity contribution in [3.8, 4) is 0 Å². The maximum absolute atomic E-state index is 12.6. The van der Waals surface area contributed by atoms with Crippen molar-refractivity contribution in [2.45, 2.75) is 23.9 Å². The van der Waals surface area contributed by atoms with Gasteiger partial charge in [-0.25, -0.2) is 19.0 Å². The summed E-state index contributed by atoms with van der Waals surface area (Å²) in [5.41, 5.74) is 2.37. The van der Waals surface area contributed by atoms with Gasteiger partial charge in [0.1, 0.15) is 0 Å². The Labute approximate surface area is 125 Å². The fraction of sp³-hybridized carbons (Fsp3) is 0.500. The van der Waals surface area contributed by atoms with Gasteiger partial charge in [-0.1, -0.05) is 0 Å². The van der Waals surface area contributed by atoms with E-state index >= 15 is 0 Å². The second-order valence-corrected chi connectivity index (χ2v) is 8.20. The van der Waals surface area contributed by atoms with Crippen LogP contribution >= 0.6 is 23.1 Å². The van der Waals surface area contributed by atoms with Crippen LogP contribution in [0.2, 0.25) is 0 Å². The van der Waals surface area contributed by atoms with Gasteiger partial charge in [-0.05, 0) is 24.3 Å². The molecule has 0 bridgehead atoms. The van der Waals surface area contributed by atoms with Crippen LogP contribution in [0.1, 0.15) is 12.8 Å². The quantitative estimate of drug-likeness (QED) is 0.566. The minimum absolute atomic E-state index is 0.0175. The molecule has 3 rings (SSSR count). The number of rotatable bonds is 4. The molecule has 2 aromatic rings. The topological polar surface area (TPSA) is 102 Å². The first-order chi connectivity index (χ1) is 9.62. The van der Waals surface area contributed by atoms with Crippen molar-refractivity contribution >= 4 is 43.9 Å². The molecule has 2 aromatic heterocycles. The van der Waals surface area contributed by atoms with Gasteiger partial charge >= 0.3 is 0 Å². The van der Waals surface area contributed by atoms with Crippen LogP contribution in [0, 0.1) is 0 Å². The van der Waals surface area contributed by atoms with E-state index in [0.717, 1.165) is 24.3 Å². The number of fused-ring (bicyclic) bond motifs is 1. The monoisotopic (exact) mass is 333 g/mol. The second kappa shape index (κ2) is 5.53. The van der Waals surface area contributed by atoms with Crippen LogP contribution in [0.5, 0.6) is 0 Å². The number of nitrogen functional groups attached to an aromatic ring is 1. The summed E-state index contributed by atoms with van der Waals surface area (Å²) < 4.78 is 29.5. The smallest absolute Gasteiger partial charge is 0.260 e. The summed E-state index contributed by atoms with van der Waals surface area (Å²) in [6.45, 7) is 0. The third-order valence-corrected chi connectivity index (χ3v) is 6.50. The average molecular weight is 333 g/mol. The summed E-state index contributed by atoms with van der Waals surface area (Å²) in [7, 11) is -3.65. The Hall–Kier alpha value is -0.810. The molecule has 110 valence electrons. The molecule has 0 aromatic carbocycles. The van der Waals surface area contributed by atoms with Gasteiger partial charge in [0.25, 0.3) is 10.0 Å². The summed E-state index contributed by atoms with van der Waals surface area (Å²) in [6, 6.07) is -0.0175. The summed E-state index contributed by atoms with van der Waals surface area (Å²) >= 11 is 3.21. The lowest BCUT2D eigenvalue weighted by Crippen LogP contribution is -2.38. The number of thiazole rings is 1. The fourth-order valence-electron chi connectivity index (χ4n) is 2.21. The van der Waals surface area contributed by atoms with Gasteiger partial charge in [0.05, 0.1) is 0 Å². The molecule has 0 spiro atoms. The van der Waals surface area contributed by atoms with Crippen LogP contribution in [-0.4, -0.2) is 35.4 Å². The Morgan fingerprint density at radius 3 is 2.85 bits per heavy atom. The van der Waals surface area contributed by atoms with E-state index in [-0.39, 0.29) is 16.9 Å². The van der Waals surface area contributed by atoms with E-state index in [1.54, 1.807) is 16.0 Å². The molecule has 1 fully saturated rings. The van der Waals surface area contributed by atoms with E-state index in [0.29, 0.717) is 4.96 Å². The van der Waals surface area contributed by atoms with E-state index < -0.39 is 10.0 Å². The third kappa shape index (κ3) is 2.53. The standard InChI is InChI=1S/C10H15N5O2S3/c11-13-8-9(15-3-6-19-10(15)12-8)20(16,17)14-7-1-4-18-5-2-7/h3,6-7,13-14H,1-2,4-5,11H2. The van der Waals surface area contributed by atoms with Gasteiger partial charge in [0.2, 0.25) is 5.03 Å². The van der Waals surface area contributed by atoms with Gasteiger partial charge in [0.15, 0.2) is 10.8 Å². The number of nitrogens with zero attached hydrogens (tertiary/aromatic N) is 2. The van der Waals surface area contributed by atoms with Crippen molar-refractivity contribution in [3.63, 3.8) is 0 Å². The zero-order chi connectivity index (χ0) is 14.2. The number of nitrogens with two attached hydrogens (primary N) is 1. The zero-order valence-electron chi connectivity index (χ0n) is 10.6. The number of sulfonamides is 1. The minimum Gasteiger partial charge on any atom is -0.306 e. The molecule has 0 aliphatic carbocycles. The van der Waals surface area contributed by atoms with Crippen molar-refractivity contribution < 1.29 is 8.42 Å². The SMILES string of the molecule is NNc1nc2sccn2c1S(=O)(=O)NC1CCSCC1. The first-order valence-electron chi connectivity index (χ1n) is 6.14. The molecule has 0 radical (unpaired) electrons. The molecule has 10 heteroatoms. The molecule has 0 unspecified atom stereocenters. The number of nitrogens with one attached hydrogen (secondary N) is 2. The normalized spacial score (nSPS) is 17.6. The lowest BCUT2D eigenvalue weighted by molar-refractivity contribution is 0.526. The molecule has 0 saturated carbocycles. The van der Waals surface area contributed by atoms with Crippen LogP contribution in [0.4, 0.5) is 5.82 Å². The van der Waals surface area contributed by atoms with E-state index in [2.05, 4.69) is 15.1 Å². The number of anilines is 1. The zero-order valence-corrected chi connectivity index (χ0v) is 13.0. The maximum Gasteiger partial charge on any atom is 0.260 e. The van der Waals surface area contributed by atoms with Crippen molar-refractivity contribution in [1.29, 1.82) is 0 Å². The second-order valence-electron chi connectivity index (χ2n) is 4.47. The highest BCUT2D eigenvalue weighted by Crippen LogP contribution is 2.26. The van der Waals surface area contributed by atoms with Crippen LogP contribution in [-0.2, 0) is 10.0 Å². The predicted octanol–water partition coefficient (Wildman–Crippen LogP) is 0.855. The van der Waals surface area contributed by atoms with Gasteiger partial charge in [-0.3, -0.25) is 4.40 Å². The highest BCUT2D eigenvalue weighted by Gasteiger charge is 2.28. The average Bonchev–Trinajstić information content (AvgIpc) is 2.98. The summed E-state index contributed by atoms with van der Waals surface area (Å²) in [5.74, 6) is 7.53. The predicted molar refractivity (Wildman–Crippen MR) is 81.5 cm³/mol. The Kier molecular flexibility index (Phi) is 3.91. The number of hydrazine groups is 1. The lowest BCUT2D eigenvalue weighted by atomic mass is 10.2. The first kappa shape index (κ1) is 14.1. The molecule has 1 aliphatic heterocycles. The number of hydrogen-bond donors (Lipinski definition) is 3. The van der Waals surface area contributed by atoms with Crippen LogP contribution in [0.25, 0.3) is 4.96 Å². The van der Waals surface area contributed by atoms with Crippen LogP contribution in [0.15, 0.2) is 16.6 Å². The molecule has 7 nitrogen and oxygen atoms in total. The highest BCUT2D eigenvalue weighted by molar-refractivity contribution is 7.99. The number of aromatic nitrogens is 2. The van der Waals surface area contributed by atoms with Gasteiger partial charge in [0, 0.05) is 17.6 Å². The third-order valence-electron chi connectivity index (χ3n) is 3.15. The molecule has 0 atom stereocenters. The summed E-state index contributed by atoms with van der Waals surface area (Å²) in [6.07, 6.45) is 3.38. The van der Waals surface area contributed by atoms with Crippen molar-refractivity contribution in [1.82, 2.24) is 14.1 Å². The van der Waals surface area contributed by atoms with E-state index in [4.69, 9.17) is 5.84 Å². The molecule has 1 saturated heterocycles. The summed E-state index contributed by atoms with van der Waals surface area (Å²) in [4.78, 5) is 4.77. The molecule has 3 heterocycles. The summed E-state index contributed by atoms with van der Waals surface area (Å²) in [5, 5.41) is 1.87. The number of hydrogen-bond acceptors (Lipinski definition) is 7. The Balaban J connectivity index is 1.97. The minimum atomic E-state index is -3.65. The Morgan fingerprint density at radius 2 is 2.15 bits per heavy atom. The van der Waals surface area contributed by atoms with E-state index in [1.807, 2.05) is 11.8 Å². The van der Waals surface area contributed by atoms with E-state index in [1.165, 1.54) is 11.3 Å². The molecular weight excluding hydrogens is 318 g/mol. The van der Waals surface area contributed by atoms with Crippen LogP contribution < -0.4 is 16.0 Å². The van der Waals surface area contributed by atoms with Gasteiger partial charge < -0.3 is 5.43 Å². The van der Waals surface area contributed by atoms with Crippen molar-refractivity contribution in [2.24, 2.45) is 5.84 Å². The lowest BCUT2D eigenvalue weighted by Gasteiger charge is -2.22. The Bertz CT molecular complexity index is 702. The number of thioether (sulfide) groups is 1. The highest BCUT2D eigenvalue weighted by atomic mass is 32.2. The van der Waals surface area contributed by atoms with Crippen LogP contribution in [0.3, 0.4) is 0 Å². The molecule has 4 N–H and O–H groups in total. The van der Waals surface area contributed by atoms with Crippen molar-refractivity contribution in [3.05, 3.63) is 11.6 Å².